The topological polar surface area (TPSA) is 205 Å². The molecule has 0 aliphatic carbocycles. The van der Waals surface area contributed by atoms with Gasteiger partial charge in [0.2, 0.25) is 11.9 Å². The van der Waals surface area contributed by atoms with Crippen LogP contribution >= 0.6 is 0 Å². The van der Waals surface area contributed by atoms with E-state index in [1.54, 1.807) is 30.5 Å². The predicted octanol–water partition coefficient (Wildman–Crippen LogP) is 1.20. The van der Waals surface area contributed by atoms with Gasteiger partial charge in [0.1, 0.15) is 17.4 Å². The number of hydrogen-bond acceptors (Lipinski definition) is 10. The lowest BCUT2D eigenvalue weighted by Crippen LogP contribution is -2.44. The van der Waals surface area contributed by atoms with Crippen molar-refractivity contribution in [2.75, 3.05) is 17.7 Å². The van der Waals surface area contributed by atoms with Crippen molar-refractivity contribution >= 4 is 46.5 Å². The number of rotatable bonds is 10. The Balaban J connectivity index is 1.27. The van der Waals surface area contributed by atoms with E-state index in [1.807, 2.05) is 11.9 Å². The van der Waals surface area contributed by atoms with Crippen molar-refractivity contribution in [1.29, 1.82) is 0 Å². The second-order valence-corrected chi connectivity index (χ2v) is 9.11. The van der Waals surface area contributed by atoms with Gasteiger partial charge in [-0.15, -0.1) is 0 Å². The summed E-state index contributed by atoms with van der Waals surface area (Å²) in [5, 5.41) is 11.9. The zero-order chi connectivity index (χ0) is 30.2. The Labute approximate surface area is 238 Å². The van der Waals surface area contributed by atoms with Gasteiger partial charge in [-0.2, -0.15) is 4.98 Å². The molecular formula is C27H26FN9O5. The molecule has 216 valence electrons. The van der Waals surface area contributed by atoms with Crippen LogP contribution in [0.2, 0.25) is 0 Å². The van der Waals surface area contributed by atoms with E-state index in [-0.39, 0.29) is 29.9 Å². The minimum Gasteiger partial charge on any atom is -0.480 e. The molecule has 0 radical (unpaired) electrons. The third-order valence-corrected chi connectivity index (χ3v) is 6.02. The van der Waals surface area contributed by atoms with Gasteiger partial charge in [-0.3, -0.25) is 25.2 Å². The Morgan fingerprint density at radius 2 is 1.60 bits per heavy atom. The molecule has 4 rings (SSSR count). The van der Waals surface area contributed by atoms with Gasteiger partial charge in [0, 0.05) is 30.3 Å². The Morgan fingerprint density at radius 3 is 2.29 bits per heavy atom. The lowest BCUT2D eigenvalue weighted by molar-refractivity contribution is -0.139. The van der Waals surface area contributed by atoms with E-state index in [2.05, 4.69) is 36.1 Å². The van der Waals surface area contributed by atoms with Crippen LogP contribution in [0.15, 0.2) is 60.9 Å². The summed E-state index contributed by atoms with van der Waals surface area (Å²) in [6.45, 7) is 0.395. The van der Waals surface area contributed by atoms with Crippen LogP contribution in [-0.4, -0.2) is 61.8 Å². The maximum absolute atomic E-state index is 13.0. The molecule has 1 unspecified atom stereocenters. The molecule has 0 spiro atoms. The number of nitrogens with two attached hydrogens (primary N) is 1. The molecule has 0 aliphatic heterocycles. The van der Waals surface area contributed by atoms with Crippen molar-refractivity contribution < 1.29 is 28.7 Å². The fourth-order valence-corrected chi connectivity index (χ4v) is 3.79. The molecule has 2 aromatic carbocycles. The van der Waals surface area contributed by atoms with E-state index < -0.39 is 35.5 Å². The van der Waals surface area contributed by atoms with Gasteiger partial charge in [0.25, 0.3) is 11.8 Å². The van der Waals surface area contributed by atoms with E-state index in [4.69, 9.17) is 5.73 Å². The summed E-state index contributed by atoms with van der Waals surface area (Å²) in [6.07, 6.45) is 2.54. The molecule has 2 heterocycles. The first-order chi connectivity index (χ1) is 20.1. The van der Waals surface area contributed by atoms with Gasteiger partial charge >= 0.3 is 5.97 Å². The lowest BCUT2D eigenvalue weighted by atomic mass is 10.1. The van der Waals surface area contributed by atoms with Crippen molar-refractivity contribution in [1.82, 2.24) is 36.1 Å². The number of carbonyl (C=O) groups is 4. The lowest BCUT2D eigenvalue weighted by Gasteiger charge is -2.19. The Morgan fingerprint density at radius 1 is 0.929 bits per heavy atom. The number of amides is 3. The van der Waals surface area contributed by atoms with Crippen LogP contribution in [0.5, 0.6) is 0 Å². The van der Waals surface area contributed by atoms with Gasteiger partial charge in [-0.1, -0.05) is 0 Å². The zero-order valence-corrected chi connectivity index (χ0v) is 22.2. The van der Waals surface area contributed by atoms with Crippen LogP contribution in [-0.2, 0) is 16.1 Å². The number of carboxylic acid groups (broad SMARTS) is 1. The Bertz CT molecular complexity index is 1620. The molecule has 6 N–H and O–H groups in total. The van der Waals surface area contributed by atoms with Gasteiger partial charge in [-0.05, 0) is 55.0 Å². The van der Waals surface area contributed by atoms with Gasteiger partial charge in [-0.25, -0.2) is 24.1 Å². The van der Waals surface area contributed by atoms with Crippen LogP contribution < -0.4 is 26.8 Å². The molecule has 14 nitrogen and oxygen atoms in total. The highest BCUT2D eigenvalue weighted by Crippen LogP contribution is 2.17. The maximum Gasteiger partial charge on any atom is 0.326 e. The molecular weight excluding hydrogens is 548 g/mol. The number of nitrogens with zero attached hydrogens (tertiary/aromatic N) is 5. The molecule has 0 bridgehead atoms. The monoisotopic (exact) mass is 574 g/mol. The molecule has 2 aromatic heterocycles. The molecule has 1 atom stereocenters. The van der Waals surface area contributed by atoms with E-state index >= 15 is 0 Å². The van der Waals surface area contributed by atoms with Gasteiger partial charge in [0.15, 0.2) is 5.65 Å². The summed E-state index contributed by atoms with van der Waals surface area (Å²) < 4.78 is 13.0. The number of anilines is 2. The number of carboxylic acids is 1. The molecule has 0 fully saturated rings. The number of benzene rings is 2. The molecule has 3 amide bonds. The normalized spacial score (nSPS) is 11.4. The largest absolute Gasteiger partial charge is 0.480 e. The third kappa shape index (κ3) is 7.68. The average Bonchev–Trinajstić information content (AvgIpc) is 2.98. The van der Waals surface area contributed by atoms with Crippen molar-refractivity contribution in [2.45, 2.75) is 25.4 Å². The molecule has 42 heavy (non-hydrogen) atoms. The number of hydrazine groups is 1. The summed E-state index contributed by atoms with van der Waals surface area (Å²) in [6, 6.07) is 9.79. The van der Waals surface area contributed by atoms with Crippen LogP contribution in [0.3, 0.4) is 0 Å². The van der Waals surface area contributed by atoms with Crippen LogP contribution in [0.25, 0.3) is 11.2 Å². The number of aliphatic carboxylic acids is 1. The summed E-state index contributed by atoms with van der Waals surface area (Å²) in [5.41, 5.74) is 12.5. The summed E-state index contributed by atoms with van der Waals surface area (Å²) in [4.78, 5) is 67.1. The number of aromatic nitrogens is 4. The fourth-order valence-electron chi connectivity index (χ4n) is 3.79. The van der Waals surface area contributed by atoms with Crippen LogP contribution in [0.1, 0.15) is 39.3 Å². The Kier molecular flexibility index (Phi) is 9.11. The second kappa shape index (κ2) is 13.1. The number of hydrogen-bond donors (Lipinski definition) is 5. The van der Waals surface area contributed by atoms with E-state index in [9.17, 15) is 28.7 Å². The van der Waals surface area contributed by atoms with Crippen LogP contribution in [0, 0.1) is 5.82 Å². The highest BCUT2D eigenvalue weighted by atomic mass is 18.2. The van der Waals surface area contributed by atoms with Crippen molar-refractivity contribution in [3.05, 3.63) is 83.6 Å². The molecule has 15 heteroatoms. The molecule has 0 saturated carbocycles. The van der Waals surface area contributed by atoms with E-state index in [1.165, 1.54) is 18.3 Å². The maximum atomic E-state index is 13.0. The van der Waals surface area contributed by atoms with E-state index in [0.29, 0.717) is 23.4 Å². The summed E-state index contributed by atoms with van der Waals surface area (Å²) in [7, 11) is 1.83. The fraction of sp³-hybridized carbons (Fsp3) is 0.185. The van der Waals surface area contributed by atoms with Gasteiger partial charge < -0.3 is 21.1 Å². The SMILES string of the molecule is CN(Cc1cnc2nc(N)ncc2n1)c1ccc(C(=O)NC(CCC(=O)NNC(=O)c2ccc([18F])cc2)C(=O)O)cc1. The minimum absolute atomic E-state index is 0.107. The Hall–Kier alpha value is -5.73. The first-order valence-corrected chi connectivity index (χ1v) is 12.5. The van der Waals surface area contributed by atoms with E-state index in [0.717, 1.165) is 17.8 Å². The number of carbonyl (C=O) groups excluding carboxylic acids is 3. The quantitative estimate of drug-likeness (QED) is 0.170. The molecule has 0 aliphatic rings. The average molecular weight is 575 g/mol. The van der Waals surface area contributed by atoms with Crippen LogP contribution in [0.4, 0.5) is 16.0 Å². The van der Waals surface area contributed by atoms with Gasteiger partial charge in [0.05, 0.1) is 24.6 Å². The number of halogens is 1. The zero-order valence-electron chi connectivity index (χ0n) is 22.2. The highest BCUT2D eigenvalue weighted by Gasteiger charge is 2.22. The number of fused-ring (bicyclic) bond motifs is 1. The minimum atomic E-state index is -1.36. The predicted molar refractivity (Wildman–Crippen MR) is 148 cm³/mol. The standard InChI is InChI=1S/C27H26FN9O5/c1-37(14-18-12-30-23-21(32-18)13-31-27(29)34-23)19-8-4-15(5-9-19)24(39)33-20(26(41)42)10-11-22(38)35-36-25(40)16-2-6-17(28)7-3-16/h2-9,12-13,20H,10-11,14H2,1H3,(H,33,39)(H,35,38)(H,36,40)(H,41,42)(H2,29,30,31,34)/i28-1. The van der Waals surface area contributed by atoms with Crippen molar-refractivity contribution in [3.8, 4) is 0 Å². The summed E-state index contributed by atoms with van der Waals surface area (Å²) in [5.74, 6) is -3.72. The summed E-state index contributed by atoms with van der Waals surface area (Å²) >= 11 is 0. The second-order valence-electron chi connectivity index (χ2n) is 9.11. The number of nitrogens with one attached hydrogen (secondary N) is 3. The highest BCUT2D eigenvalue weighted by molar-refractivity contribution is 5.97. The van der Waals surface area contributed by atoms with Crippen molar-refractivity contribution in [2.24, 2.45) is 0 Å². The number of nitrogen functional groups attached to an aromatic ring is 1. The molecule has 4 aromatic rings. The first kappa shape index (κ1) is 29.3. The smallest absolute Gasteiger partial charge is 0.326 e. The third-order valence-electron chi connectivity index (χ3n) is 6.02. The van der Waals surface area contributed by atoms with Crippen molar-refractivity contribution in [3.63, 3.8) is 0 Å². The first-order valence-electron chi connectivity index (χ1n) is 12.5. The molecule has 0 saturated heterocycles.